The number of carbonyl (C=O) groups is 1. The largest absolute Gasteiger partial charge is 0.471 e. The fraction of sp³-hybridized carbons (Fsp3) is 0.600. The van der Waals surface area contributed by atoms with E-state index in [0.29, 0.717) is 12.8 Å². The molecule has 94 valence electrons. The first-order valence-electron chi connectivity index (χ1n) is 5.34. The molecule has 1 saturated heterocycles. The average Bonchev–Trinajstić information content (AvgIpc) is 2.80. The Labute approximate surface area is 95.8 Å². The molecule has 17 heavy (non-hydrogen) atoms. The predicted molar refractivity (Wildman–Crippen MR) is 53.2 cm³/mol. The minimum Gasteiger partial charge on any atom is -0.335 e. The van der Waals surface area contributed by atoms with E-state index in [4.69, 9.17) is 0 Å². The van der Waals surface area contributed by atoms with Crippen LogP contribution in [0.15, 0.2) is 12.3 Å². The number of likely N-dealkylation sites (tertiary alicyclic amines) is 1. The highest BCUT2D eigenvalue weighted by Gasteiger charge is 2.43. The lowest BCUT2D eigenvalue weighted by molar-refractivity contribution is -0.186. The van der Waals surface area contributed by atoms with E-state index in [9.17, 15) is 18.0 Å². The molecule has 1 aromatic rings. The van der Waals surface area contributed by atoms with Crippen molar-refractivity contribution in [1.29, 1.82) is 0 Å². The molecule has 2 heterocycles. The average molecular weight is 247 g/mol. The van der Waals surface area contributed by atoms with Crippen LogP contribution >= 0.6 is 0 Å². The van der Waals surface area contributed by atoms with Gasteiger partial charge in [0.2, 0.25) is 0 Å². The maximum Gasteiger partial charge on any atom is 0.471 e. The standard InChI is InChI=1S/C10H12F3N3O/c11-10(12,13)9(17)16-5-2-7(3-6-16)8-1-4-14-15-8/h1,4,7H,2-3,5-6H2,(H,14,15). The minimum absolute atomic E-state index is 0.141. The number of carbonyl (C=O) groups excluding carboxylic acids is 1. The van der Waals surface area contributed by atoms with Crippen LogP contribution in [-0.2, 0) is 4.79 Å². The van der Waals surface area contributed by atoms with Gasteiger partial charge in [-0.1, -0.05) is 0 Å². The molecular formula is C10H12F3N3O. The molecule has 0 spiro atoms. The van der Waals surface area contributed by atoms with Crippen LogP contribution in [0.1, 0.15) is 24.5 Å². The predicted octanol–water partition coefficient (Wildman–Crippen LogP) is 1.68. The number of rotatable bonds is 1. The van der Waals surface area contributed by atoms with Crippen molar-refractivity contribution in [1.82, 2.24) is 15.1 Å². The van der Waals surface area contributed by atoms with Gasteiger partial charge in [0.25, 0.3) is 0 Å². The Morgan fingerprint density at radius 1 is 1.41 bits per heavy atom. The zero-order valence-electron chi connectivity index (χ0n) is 9.00. The van der Waals surface area contributed by atoms with Gasteiger partial charge in [0.15, 0.2) is 0 Å². The lowest BCUT2D eigenvalue weighted by Gasteiger charge is -2.31. The zero-order valence-corrected chi connectivity index (χ0v) is 9.00. The van der Waals surface area contributed by atoms with Crippen molar-refractivity contribution in [3.8, 4) is 0 Å². The number of piperidine rings is 1. The molecule has 1 amide bonds. The lowest BCUT2D eigenvalue weighted by Crippen LogP contribution is -2.45. The van der Waals surface area contributed by atoms with Gasteiger partial charge in [0.05, 0.1) is 0 Å². The zero-order chi connectivity index (χ0) is 12.5. The third-order valence-electron chi connectivity index (χ3n) is 2.99. The van der Waals surface area contributed by atoms with E-state index in [0.717, 1.165) is 10.6 Å². The van der Waals surface area contributed by atoms with Crippen molar-refractivity contribution in [2.45, 2.75) is 24.9 Å². The molecule has 4 nitrogen and oxygen atoms in total. The number of nitrogens with zero attached hydrogens (tertiary/aromatic N) is 2. The highest BCUT2D eigenvalue weighted by Crippen LogP contribution is 2.28. The summed E-state index contributed by atoms with van der Waals surface area (Å²) in [5, 5.41) is 6.61. The van der Waals surface area contributed by atoms with Crippen LogP contribution in [0, 0.1) is 0 Å². The molecule has 0 atom stereocenters. The second kappa shape index (κ2) is 4.38. The topological polar surface area (TPSA) is 49.0 Å². The molecule has 0 aliphatic carbocycles. The first kappa shape index (κ1) is 11.9. The van der Waals surface area contributed by atoms with Crippen LogP contribution in [-0.4, -0.2) is 40.3 Å². The smallest absolute Gasteiger partial charge is 0.335 e. The Kier molecular flexibility index (Phi) is 3.08. The van der Waals surface area contributed by atoms with Crippen LogP contribution in [0.2, 0.25) is 0 Å². The summed E-state index contributed by atoms with van der Waals surface area (Å²) in [7, 11) is 0. The number of hydrogen-bond donors (Lipinski definition) is 1. The number of nitrogens with one attached hydrogen (secondary N) is 1. The molecule has 0 aromatic carbocycles. The molecule has 1 aliphatic rings. The summed E-state index contributed by atoms with van der Waals surface area (Å²) in [6, 6.07) is 1.81. The molecule has 1 N–H and O–H groups in total. The molecule has 1 aromatic heterocycles. The van der Waals surface area contributed by atoms with Gasteiger partial charge in [0.1, 0.15) is 0 Å². The van der Waals surface area contributed by atoms with Crippen LogP contribution in [0.5, 0.6) is 0 Å². The molecule has 7 heteroatoms. The number of aromatic nitrogens is 2. The van der Waals surface area contributed by atoms with Crippen molar-refractivity contribution < 1.29 is 18.0 Å². The number of alkyl halides is 3. The number of hydrogen-bond acceptors (Lipinski definition) is 2. The van der Waals surface area contributed by atoms with Crippen LogP contribution in [0.4, 0.5) is 13.2 Å². The van der Waals surface area contributed by atoms with Gasteiger partial charge in [-0.2, -0.15) is 18.3 Å². The minimum atomic E-state index is -4.76. The third-order valence-corrected chi connectivity index (χ3v) is 2.99. The maximum atomic E-state index is 12.2. The Balaban J connectivity index is 1.93. The van der Waals surface area contributed by atoms with Crippen molar-refractivity contribution in [3.63, 3.8) is 0 Å². The molecule has 0 unspecified atom stereocenters. The van der Waals surface area contributed by atoms with Crippen molar-refractivity contribution in [2.24, 2.45) is 0 Å². The van der Waals surface area contributed by atoms with Crippen LogP contribution in [0.3, 0.4) is 0 Å². The fourth-order valence-electron chi connectivity index (χ4n) is 2.07. The second-order valence-electron chi connectivity index (χ2n) is 4.08. The summed E-state index contributed by atoms with van der Waals surface area (Å²) in [6.45, 7) is 0.282. The summed E-state index contributed by atoms with van der Waals surface area (Å²) in [4.78, 5) is 11.9. The van der Waals surface area contributed by atoms with E-state index in [1.807, 2.05) is 6.07 Å². The number of aromatic amines is 1. The van der Waals surface area contributed by atoms with E-state index < -0.39 is 12.1 Å². The second-order valence-corrected chi connectivity index (χ2v) is 4.08. The van der Waals surface area contributed by atoms with Gasteiger partial charge in [-0.3, -0.25) is 9.89 Å². The first-order valence-corrected chi connectivity index (χ1v) is 5.34. The molecular weight excluding hydrogens is 235 g/mol. The van der Waals surface area contributed by atoms with Crippen molar-refractivity contribution in [2.75, 3.05) is 13.1 Å². The van der Waals surface area contributed by atoms with Crippen LogP contribution in [0.25, 0.3) is 0 Å². The summed E-state index contributed by atoms with van der Waals surface area (Å²) < 4.78 is 36.6. The first-order chi connectivity index (χ1) is 7.98. The molecule has 1 fully saturated rings. The van der Waals surface area contributed by atoms with Gasteiger partial charge in [0, 0.05) is 30.9 Å². The molecule has 1 aliphatic heterocycles. The number of H-pyrrole nitrogens is 1. The highest BCUT2D eigenvalue weighted by atomic mass is 19.4. The summed E-state index contributed by atoms with van der Waals surface area (Å²) in [5.74, 6) is -1.57. The van der Waals surface area contributed by atoms with Gasteiger partial charge < -0.3 is 4.90 Å². The highest BCUT2D eigenvalue weighted by molar-refractivity contribution is 5.81. The third kappa shape index (κ3) is 2.59. The quantitative estimate of drug-likeness (QED) is 0.820. The Hall–Kier alpha value is -1.53. The van der Waals surface area contributed by atoms with Crippen molar-refractivity contribution >= 4 is 5.91 Å². The normalized spacial score (nSPS) is 18.4. The Bertz CT molecular complexity index is 380. The van der Waals surface area contributed by atoms with E-state index in [1.54, 1.807) is 6.20 Å². The Morgan fingerprint density at radius 2 is 2.06 bits per heavy atom. The molecule has 0 bridgehead atoms. The fourth-order valence-corrected chi connectivity index (χ4v) is 2.07. The summed E-state index contributed by atoms with van der Waals surface area (Å²) in [6.07, 6.45) is -2.09. The van der Waals surface area contributed by atoms with Crippen molar-refractivity contribution in [3.05, 3.63) is 18.0 Å². The van der Waals surface area contributed by atoms with Gasteiger partial charge >= 0.3 is 12.1 Å². The van der Waals surface area contributed by atoms with Gasteiger partial charge in [-0.15, -0.1) is 0 Å². The molecule has 0 saturated carbocycles. The van der Waals surface area contributed by atoms with E-state index in [2.05, 4.69) is 10.2 Å². The van der Waals surface area contributed by atoms with E-state index in [-0.39, 0.29) is 19.0 Å². The van der Waals surface area contributed by atoms with Crippen LogP contribution < -0.4 is 0 Å². The van der Waals surface area contributed by atoms with E-state index >= 15 is 0 Å². The van der Waals surface area contributed by atoms with Gasteiger partial charge in [-0.05, 0) is 18.9 Å². The monoisotopic (exact) mass is 247 g/mol. The summed E-state index contributed by atoms with van der Waals surface area (Å²) in [5.41, 5.74) is 0.920. The van der Waals surface area contributed by atoms with Gasteiger partial charge in [-0.25, -0.2) is 0 Å². The SMILES string of the molecule is O=C(N1CCC(c2ccn[nH]2)CC1)C(F)(F)F. The summed E-state index contributed by atoms with van der Waals surface area (Å²) >= 11 is 0. The number of halogens is 3. The van der Waals surface area contributed by atoms with E-state index in [1.165, 1.54) is 0 Å². The Morgan fingerprint density at radius 3 is 2.53 bits per heavy atom. The number of amides is 1. The molecule has 2 rings (SSSR count). The maximum absolute atomic E-state index is 12.2. The molecule has 0 radical (unpaired) electrons. The lowest BCUT2D eigenvalue weighted by atomic mass is 9.93.